The molecule has 0 saturated carbocycles. The van der Waals surface area contributed by atoms with E-state index in [0.29, 0.717) is 38.8 Å². The summed E-state index contributed by atoms with van der Waals surface area (Å²) in [5, 5.41) is 3.95. The van der Waals surface area contributed by atoms with Crippen LogP contribution in [0.4, 0.5) is 0 Å². The summed E-state index contributed by atoms with van der Waals surface area (Å²) < 4.78 is 0. The second kappa shape index (κ2) is 13.8. The van der Waals surface area contributed by atoms with E-state index in [1.165, 1.54) is 37.9 Å². The second-order valence-electron chi connectivity index (χ2n) is 10.2. The lowest BCUT2D eigenvalue weighted by atomic mass is 9.98. The maximum atomic E-state index is 13.0. The summed E-state index contributed by atoms with van der Waals surface area (Å²) >= 11 is 0. The fourth-order valence-electron chi connectivity index (χ4n) is 5.37. The summed E-state index contributed by atoms with van der Waals surface area (Å²) in [5.74, 6) is 5.67. The first kappa shape index (κ1) is 27.5. The monoisotopic (exact) mass is 513 g/mol. The zero-order chi connectivity index (χ0) is 26.7. The number of piperidine rings is 1. The normalized spacial score (nSPS) is 17.1. The van der Waals surface area contributed by atoms with E-state index in [1.54, 1.807) is 12.3 Å². The molecule has 4 rings (SSSR count). The molecule has 2 aromatic rings. The topological polar surface area (TPSA) is 91.4 Å². The number of likely N-dealkylation sites (tertiary alicyclic amines) is 1. The lowest BCUT2D eigenvalue weighted by molar-refractivity contribution is -0.108. The van der Waals surface area contributed by atoms with Gasteiger partial charge in [0, 0.05) is 31.3 Å². The number of fused-ring (bicyclic) bond motifs is 1. The number of hydrogen-bond donors (Lipinski definition) is 1. The Morgan fingerprint density at radius 2 is 1.84 bits per heavy atom. The van der Waals surface area contributed by atoms with Gasteiger partial charge >= 0.3 is 0 Å². The van der Waals surface area contributed by atoms with Gasteiger partial charge in [0.1, 0.15) is 6.29 Å². The summed E-state index contributed by atoms with van der Waals surface area (Å²) in [6, 6.07) is 14.4. The molecule has 0 radical (unpaired) electrons. The van der Waals surface area contributed by atoms with Crippen LogP contribution in [0.2, 0.25) is 0 Å². The van der Waals surface area contributed by atoms with Crippen LogP contribution in [0.15, 0.2) is 65.2 Å². The average Bonchev–Trinajstić information content (AvgIpc) is 3.29. The van der Waals surface area contributed by atoms with Crippen LogP contribution in [0.3, 0.4) is 0 Å². The second-order valence-corrected chi connectivity index (χ2v) is 10.2. The summed E-state index contributed by atoms with van der Waals surface area (Å²) in [5.41, 5.74) is 6.10. The number of aliphatic imine (C=N–C) groups is 1. The summed E-state index contributed by atoms with van der Waals surface area (Å²) in [6.45, 7) is 8.39. The average molecular weight is 514 g/mol. The van der Waals surface area contributed by atoms with Gasteiger partial charge < -0.3 is 15.5 Å². The lowest BCUT2D eigenvalue weighted by Gasteiger charge is -2.26. The van der Waals surface area contributed by atoms with Crippen molar-refractivity contribution in [1.29, 1.82) is 0 Å². The van der Waals surface area contributed by atoms with E-state index in [-0.39, 0.29) is 11.9 Å². The SMILES string of the molecule is C=CC(CCC=O)N1Cc2c(CCC(C=NCc3ccc(CN4CCCCC4)cc3)=NN)cccc2C1=O. The first-order chi connectivity index (χ1) is 18.6. The highest BCUT2D eigenvalue weighted by Crippen LogP contribution is 2.29. The zero-order valence-corrected chi connectivity index (χ0v) is 22.2. The number of nitrogens with two attached hydrogens (primary N) is 1. The third-order valence-corrected chi connectivity index (χ3v) is 7.55. The Morgan fingerprint density at radius 1 is 1.08 bits per heavy atom. The molecule has 200 valence electrons. The fourth-order valence-corrected chi connectivity index (χ4v) is 5.37. The molecule has 7 nitrogen and oxygen atoms in total. The van der Waals surface area contributed by atoms with Gasteiger partial charge in [0.05, 0.1) is 18.3 Å². The van der Waals surface area contributed by atoms with Crippen LogP contribution in [0.1, 0.15) is 71.1 Å². The summed E-state index contributed by atoms with van der Waals surface area (Å²) in [4.78, 5) is 32.8. The number of rotatable bonds is 13. The minimum atomic E-state index is -0.153. The Bertz CT molecular complexity index is 1170. The molecule has 2 heterocycles. The standard InChI is InChI=1S/C31H39N5O2/c1-2-28(9-7-19-37)36-23-30-26(8-6-10-29(30)31(36)38)15-16-27(34-32)21-33-20-24-11-13-25(14-12-24)22-35-17-4-3-5-18-35/h2,6,8,10-14,19,21,28H,1,3-5,7,9,15-18,20,22-23,32H2. The van der Waals surface area contributed by atoms with Crippen molar-refractivity contribution in [1.82, 2.24) is 9.80 Å². The van der Waals surface area contributed by atoms with Crippen molar-refractivity contribution >= 4 is 24.1 Å². The number of hydrazone groups is 1. The fraction of sp³-hybridized carbons (Fsp3) is 0.419. The molecule has 7 heteroatoms. The highest BCUT2D eigenvalue weighted by molar-refractivity contribution is 6.30. The molecule has 0 bridgehead atoms. The van der Waals surface area contributed by atoms with Crippen LogP contribution in [0.5, 0.6) is 0 Å². The third kappa shape index (κ3) is 7.04. The van der Waals surface area contributed by atoms with Crippen LogP contribution in [-0.4, -0.2) is 53.1 Å². The van der Waals surface area contributed by atoms with Gasteiger partial charge in [-0.1, -0.05) is 48.9 Å². The van der Waals surface area contributed by atoms with E-state index in [1.807, 2.05) is 17.0 Å². The first-order valence-corrected chi connectivity index (χ1v) is 13.7. The predicted molar refractivity (Wildman–Crippen MR) is 153 cm³/mol. The summed E-state index contributed by atoms with van der Waals surface area (Å²) in [7, 11) is 0. The Hall–Kier alpha value is -3.58. The quantitative estimate of drug-likeness (QED) is 0.138. The molecule has 2 N–H and O–H groups in total. The molecule has 0 aromatic heterocycles. The molecule has 2 aliphatic heterocycles. The van der Waals surface area contributed by atoms with Crippen LogP contribution < -0.4 is 5.84 Å². The van der Waals surface area contributed by atoms with Crippen molar-refractivity contribution in [3.05, 3.63) is 82.9 Å². The van der Waals surface area contributed by atoms with Gasteiger partial charge in [-0.3, -0.25) is 14.7 Å². The molecule has 2 aromatic carbocycles. The molecule has 1 fully saturated rings. The van der Waals surface area contributed by atoms with Gasteiger partial charge in [0.15, 0.2) is 0 Å². The molecule has 1 amide bonds. The molecule has 1 saturated heterocycles. The highest BCUT2D eigenvalue weighted by atomic mass is 16.2. The van der Waals surface area contributed by atoms with Crippen LogP contribution in [0, 0.1) is 0 Å². The number of aldehydes is 1. The van der Waals surface area contributed by atoms with Crippen LogP contribution >= 0.6 is 0 Å². The Morgan fingerprint density at radius 3 is 2.55 bits per heavy atom. The molecule has 0 spiro atoms. The van der Waals surface area contributed by atoms with E-state index in [2.05, 4.69) is 51.9 Å². The zero-order valence-electron chi connectivity index (χ0n) is 22.2. The number of nitrogens with zero attached hydrogens (tertiary/aromatic N) is 4. The Balaban J connectivity index is 1.31. The third-order valence-electron chi connectivity index (χ3n) is 7.55. The van der Waals surface area contributed by atoms with E-state index in [0.717, 1.165) is 40.8 Å². The molecule has 1 unspecified atom stereocenters. The Labute approximate surface area is 226 Å². The maximum absolute atomic E-state index is 13.0. The van der Waals surface area contributed by atoms with Crippen molar-refractivity contribution < 1.29 is 9.59 Å². The molecule has 38 heavy (non-hydrogen) atoms. The number of benzene rings is 2. The molecular formula is C31H39N5O2. The van der Waals surface area contributed by atoms with Gasteiger partial charge in [-0.25, -0.2) is 0 Å². The molecular weight excluding hydrogens is 474 g/mol. The van der Waals surface area contributed by atoms with Crippen LogP contribution in [0.25, 0.3) is 0 Å². The van der Waals surface area contributed by atoms with Crippen molar-refractivity contribution in [3.63, 3.8) is 0 Å². The van der Waals surface area contributed by atoms with E-state index >= 15 is 0 Å². The Kier molecular flexibility index (Phi) is 9.98. The number of amides is 1. The van der Waals surface area contributed by atoms with Crippen LogP contribution in [-0.2, 0) is 30.8 Å². The first-order valence-electron chi connectivity index (χ1n) is 13.7. The van der Waals surface area contributed by atoms with Gasteiger partial charge in [0.2, 0.25) is 0 Å². The summed E-state index contributed by atoms with van der Waals surface area (Å²) in [6.07, 6.45) is 10.7. The molecule has 1 atom stereocenters. The van der Waals surface area contributed by atoms with E-state index in [9.17, 15) is 9.59 Å². The smallest absolute Gasteiger partial charge is 0.255 e. The maximum Gasteiger partial charge on any atom is 0.255 e. The molecule has 2 aliphatic rings. The lowest BCUT2D eigenvalue weighted by Crippen LogP contribution is -2.34. The predicted octanol–water partition coefficient (Wildman–Crippen LogP) is 4.68. The molecule has 0 aliphatic carbocycles. The minimum Gasteiger partial charge on any atom is -0.328 e. The van der Waals surface area contributed by atoms with E-state index < -0.39 is 0 Å². The van der Waals surface area contributed by atoms with Crippen molar-refractivity contribution in [2.24, 2.45) is 15.9 Å². The number of hydrogen-bond acceptors (Lipinski definition) is 6. The number of carbonyl (C=O) groups excluding carboxylic acids is 2. The van der Waals surface area contributed by atoms with E-state index in [4.69, 9.17) is 5.84 Å². The largest absolute Gasteiger partial charge is 0.328 e. The van der Waals surface area contributed by atoms with Crippen molar-refractivity contribution in [3.8, 4) is 0 Å². The van der Waals surface area contributed by atoms with Gasteiger partial charge in [-0.15, -0.1) is 6.58 Å². The highest BCUT2D eigenvalue weighted by Gasteiger charge is 2.32. The van der Waals surface area contributed by atoms with Gasteiger partial charge in [0.25, 0.3) is 5.91 Å². The van der Waals surface area contributed by atoms with Gasteiger partial charge in [-0.05, 0) is 73.5 Å². The minimum absolute atomic E-state index is 0.00567. The number of carbonyl (C=O) groups is 2. The van der Waals surface area contributed by atoms with Gasteiger partial charge in [-0.2, -0.15) is 5.10 Å². The number of aryl methyl sites for hydroxylation is 1. The van der Waals surface area contributed by atoms with Crippen molar-refractivity contribution in [2.45, 2.75) is 70.6 Å². The van der Waals surface area contributed by atoms with Crippen molar-refractivity contribution in [2.75, 3.05) is 13.1 Å².